The van der Waals surface area contributed by atoms with E-state index in [1.807, 2.05) is 31.2 Å². The predicted octanol–water partition coefficient (Wildman–Crippen LogP) is 5.19. The Labute approximate surface area is 408 Å². The van der Waals surface area contributed by atoms with E-state index in [1.165, 1.54) is 27.9 Å². The largest absolute Gasteiger partial charge is 0.464 e. The molecular weight excluding hydrogens is 895 g/mol. The summed E-state index contributed by atoms with van der Waals surface area (Å²) in [5.74, 6) is -3.04. The van der Waals surface area contributed by atoms with Gasteiger partial charge in [0.25, 0.3) is 11.8 Å². The summed E-state index contributed by atoms with van der Waals surface area (Å²) in [5, 5.41) is 5.33. The van der Waals surface area contributed by atoms with E-state index < -0.39 is 64.8 Å². The first kappa shape index (κ1) is 49.9. The number of benzene rings is 1. The number of nitrogens with zero attached hydrogens (tertiary/aromatic N) is 7. The molecule has 0 radical (unpaired) electrons. The van der Waals surface area contributed by atoms with E-state index in [0.717, 1.165) is 43.9 Å². The standard InChI is InChI=1S/C52H65N9O9/c1-10-42(62)58-24-21-52(28-58)49(66)60(30-70-52)50(67)57(8)44(31(3)4)46(63)55-40-26-34-15-12-17-38(54-34)33-19-20-41-36(25-33)37(45(59(41)11-2)35-16-13-22-53-43(35)32(5)68-9)27-51(6,7)29-69-48(65)39-18-14-23-61(56-39)47(40)64/h10,12-13,15-17,19-20,22,25,31-32,39-40,44,56H,1,11,14,18,21,23-24,26-30H2,2-9H3,(H,55,63)/t32-,39-,40-,44?,52+/m0/s1. The summed E-state index contributed by atoms with van der Waals surface area (Å²) in [7, 11) is 3.11. The Morgan fingerprint density at radius 2 is 1.87 bits per heavy atom. The third-order valence-corrected chi connectivity index (χ3v) is 14.1. The summed E-state index contributed by atoms with van der Waals surface area (Å²) < 4.78 is 20.1. The number of amides is 6. The second-order valence-electron chi connectivity index (χ2n) is 20.0. The molecule has 6 bridgehead atoms. The number of methoxy groups -OCH3 is 1. The van der Waals surface area contributed by atoms with E-state index in [4.69, 9.17) is 24.2 Å². The van der Waals surface area contributed by atoms with Crippen LogP contribution < -0.4 is 10.7 Å². The predicted molar refractivity (Wildman–Crippen MR) is 260 cm³/mol. The first-order valence-corrected chi connectivity index (χ1v) is 24.2. The van der Waals surface area contributed by atoms with E-state index in [0.29, 0.717) is 37.2 Å². The van der Waals surface area contributed by atoms with E-state index in [9.17, 15) is 28.8 Å². The molecule has 18 heteroatoms. The number of esters is 1. The van der Waals surface area contributed by atoms with Crippen LogP contribution in [0.25, 0.3) is 33.4 Å². The van der Waals surface area contributed by atoms with Gasteiger partial charge in [-0.25, -0.2) is 15.1 Å². The number of likely N-dealkylation sites (tertiary alicyclic amines) is 1. The fourth-order valence-electron chi connectivity index (χ4n) is 10.4. The van der Waals surface area contributed by atoms with Crippen LogP contribution >= 0.6 is 0 Å². The highest BCUT2D eigenvalue weighted by Crippen LogP contribution is 2.42. The molecule has 4 aliphatic heterocycles. The number of likely N-dealkylation sites (N-methyl/N-ethyl adjacent to an activating group) is 1. The number of urea groups is 1. The highest BCUT2D eigenvalue weighted by atomic mass is 16.5. The molecular formula is C52H65N9O9. The van der Waals surface area contributed by atoms with Gasteiger partial charge in [-0.1, -0.05) is 46.4 Å². The highest BCUT2D eigenvalue weighted by Gasteiger charge is 2.55. The molecule has 7 heterocycles. The van der Waals surface area contributed by atoms with Gasteiger partial charge in [0, 0.05) is 86.0 Å². The number of rotatable bonds is 9. The van der Waals surface area contributed by atoms with Crippen molar-refractivity contribution in [1.82, 2.24) is 45.0 Å². The maximum Gasteiger partial charge on any atom is 0.329 e. The number of fused-ring (bicyclic) bond motifs is 6. The minimum absolute atomic E-state index is 0.0248. The second-order valence-corrected chi connectivity index (χ2v) is 20.0. The first-order valence-electron chi connectivity index (χ1n) is 24.2. The summed E-state index contributed by atoms with van der Waals surface area (Å²) in [6.07, 6.45) is 4.29. The van der Waals surface area contributed by atoms with Crippen molar-refractivity contribution in [1.29, 1.82) is 0 Å². The molecule has 2 N–H and O–H groups in total. The molecule has 372 valence electrons. The Bertz CT molecular complexity index is 2720. The van der Waals surface area contributed by atoms with Gasteiger partial charge in [-0.3, -0.25) is 38.9 Å². The molecule has 1 aromatic carbocycles. The molecule has 4 aromatic rings. The summed E-state index contributed by atoms with van der Waals surface area (Å²) >= 11 is 0. The van der Waals surface area contributed by atoms with Gasteiger partial charge < -0.3 is 33.9 Å². The Morgan fingerprint density at radius 3 is 2.60 bits per heavy atom. The molecule has 3 fully saturated rings. The monoisotopic (exact) mass is 959 g/mol. The van der Waals surface area contributed by atoms with Crippen LogP contribution in [-0.2, 0) is 57.6 Å². The Hall–Kier alpha value is -6.50. The summed E-state index contributed by atoms with van der Waals surface area (Å²) in [6, 6.07) is 11.9. The average Bonchev–Trinajstić information content (AvgIpc) is 4.03. The molecule has 3 saturated heterocycles. The van der Waals surface area contributed by atoms with E-state index in [2.05, 4.69) is 60.9 Å². The lowest BCUT2D eigenvalue weighted by molar-refractivity contribution is -0.155. The fraction of sp³-hybridized carbons (Fsp3) is 0.500. The van der Waals surface area contributed by atoms with Gasteiger partial charge in [0.15, 0.2) is 5.60 Å². The van der Waals surface area contributed by atoms with Crippen molar-refractivity contribution in [2.24, 2.45) is 11.3 Å². The molecule has 1 spiro atoms. The zero-order valence-corrected chi connectivity index (χ0v) is 41.5. The Kier molecular flexibility index (Phi) is 14.3. The van der Waals surface area contributed by atoms with Gasteiger partial charge in [-0.15, -0.1) is 0 Å². The molecule has 3 aromatic heterocycles. The zero-order valence-electron chi connectivity index (χ0n) is 41.5. The van der Waals surface area contributed by atoms with Crippen molar-refractivity contribution in [3.63, 3.8) is 0 Å². The third-order valence-electron chi connectivity index (χ3n) is 14.1. The molecule has 18 nitrogen and oxygen atoms in total. The Balaban J connectivity index is 1.15. The number of cyclic esters (lactones) is 1. The maximum absolute atomic E-state index is 14.8. The van der Waals surface area contributed by atoms with Crippen LogP contribution in [0.3, 0.4) is 0 Å². The van der Waals surface area contributed by atoms with E-state index >= 15 is 0 Å². The topological polar surface area (TPSA) is 198 Å². The van der Waals surface area contributed by atoms with Gasteiger partial charge >= 0.3 is 12.0 Å². The normalized spacial score (nSPS) is 22.5. The molecule has 0 aliphatic carbocycles. The number of hydrazine groups is 1. The van der Waals surface area contributed by atoms with Crippen LogP contribution in [0.5, 0.6) is 0 Å². The van der Waals surface area contributed by atoms with Crippen LogP contribution in [0.1, 0.15) is 83.9 Å². The smallest absolute Gasteiger partial charge is 0.329 e. The number of hydrogen-bond donors (Lipinski definition) is 2. The van der Waals surface area contributed by atoms with Gasteiger partial charge in [-0.05, 0) is 87.1 Å². The van der Waals surface area contributed by atoms with Crippen molar-refractivity contribution >= 4 is 46.5 Å². The number of aryl methyl sites for hydroxylation is 1. The first-order chi connectivity index (χ1) is 33.4. The number of ether oxygens (including phenoxy) is 3. The minimum atomic E-state index is -1.38. The number of carbonyl (C=O) groups excluding carboxylic acids is 6. The van der Waals surface area contributed by atoms with E-state index in [1.54, 1.807) is 33.2 Å². The zero-order chi connectivity index (χ0) is 50.2. The van der Waals surface area contributed by atoms with Gasteiger partial charge in [-0.2, -0.15) is 0 Å². The molecule has 1 unspecified atom stereocenters. The van der Waals surface area contributed by atoms with Gasteiger partial charge in [0.2, 0.25) is 11.8 Å². The second kappa shape index (κ2) is 20.1. The van der Waals surface area contributed by atoms with Crippen LogP contribution in [0.4, 0.5) is 4.79 Å². The molecule has 5 atom stereocenters. The lowest BCUT2D eigenvalue weighted by Crippen LogP contribution is -2.62. The van der Waals surface area contributed by atoms with Crippen LogP contribution in [0, 0.1) is 11.3 Å². The van der Waals surface area contributed by atoms with Crippen LogP contribution in [0.2, 0.25) is 0 Å². The van der Waals surface area contributed by atoms with Crippen LogP contribution in [0.15, 0.2) is 67.4 Å². The van der Waals surface area contributed by atoms with Gasteiger partial charge in [0.05, 0.1) is 36.3 Å². The molecule has 70 heavy (non-hydrogen) atoms. The fourth-order valence-corrected chi connectivity index (χ4v) is 10.4. The number of pyridine rings is 2. The summed E-state index contributed by atoms with van der Waals surface area (Å²) in [6.45, 7) is 16.2. The third kappa shape index (κ3) is 9.55. The average molecular weight is 960 g/mol. The molecule has 6 amide bonds. The number of aromatic nitrogens is 3. The van der Waals surface area contributed by atoms with Gasteiger partial charge in [0.1, 0.15) is 24.9 Å². The van der Waals surface area contributed by atoms with Crippen LogP contribution in [-0.4, -0.2) is 141 Å². The van der Waals surface area contributed by atoms with Crippen molar-refractivity contribution in [3.05, 3.63) is 84.3 Å². The molecule has 4 aliphatic rings. The summed E-state index contributed by atoms with van der Waals surface area (Å²) in [4.78, 5) is 97.1. The highest BCUT2D eigenvalue weighted by molar-refractivity contribution is 6.02. The molecule has 0 saturated carbocycles. The quantitative estimate of drug-likeness (QED) is 0.165. The minimum Gasteiger partial charge on any atom is -0.464 e. The number of imide groups is 1. The number of carbonyl (C=O) groups is 6. The van der Waals surface area contributed by atoms with Crippen molar-refractivity contribution < 1.29 is 43.0 Å². The lowest BCUT2D eigenvalue weighted by atomic mass is 9.84. The van der Waals surface area contributed by atoms with Crippen molar-refractivity contribution in [2.75, 3.05) is 47.1 Å². The lowest BCUT2D eigenvalue weighted by Gasteiger charge is -2.37. The number of hydrogen-bond acceptors (Lipinski definition) is 12. The summed E-state index contributed by atoms with van der Waals surface area (Å²) in [5.41, 5.74) is 8.06. The van der Waals surface area contributed by atoms with Crippen molar-refractivity contribution in [2.45, 2.75) is 110 Å². The molecule has 8 rings (SSSR count). The Morgan fingerprint density at radius 1 is 1.09 bits per heavy atom. The SMILES string of the molecule is C=CC(=O)N1CC[C@]2(C1)OCN(C(=O)N(C)C(C(=O)N[C@H]1Cc3cccc(n3)-c3ccc4c(c3)c(c(-c3cccnc3[C@H](C)OC)n4CC)CC(C)(C)COC(=O)[C@@H]3CCCN(N3)C1=O)C(C)C)C2=O. The number of nitrogens with one attached hydrogen (secondary N) is 2. The van der Waals surface area contributed by atoms with Crippen molar-refractivity contribution in [3.8, 4) is 22.5 Å². The van der Waals surface area contributed by atoms with E-state index in [-0.39, 0.29) is 57.8 Å². The maximum atomic E-state index is 14.8.